The van der Waals surface area contributed by atoms with Crippen LogP contribution >= 0.6 is 23.2 Å². The lowest BCUT2D eigenvalue weighted by atomic mass is 10.1. The Hall–Kier alpha value is -1.32. The fraction of sp³-hybridized carbons (Fsp3) is 0.375. The van der Waals surface area contributed by atoms with Crippen LogP contribution in [-0.2, 0) is 0 Å². The van der Waals surface area contributed by atoms with Gasteiger partial charge in [0.25, 0.3) is 0 Å². The van der Waals surface area contributed by atoms with Crippen molar-refractivity contribution in [1.82, 2.24) is 9.97 Å². The summed E-state index contributed by atoms with van der Waals surface area (Å²) >= 11 is 12.4. The second-order valence-corrected chi connectivity index (χ2v) is 6.15. The summed E-state index contributed by atoms with van der Waals surface area (Å²) in [5.74, 6) is 1.71. The van der Waals surface area contributed by atoms with Gasteiger partial charge in [-0.15, -0.1) is 0 Å². The highest BCUT2D eigenvalue weighted by Gasteiger charge is 2.15. The average molecular weight is 324 g/mol. The summed E-state index contributed by atoms with van der Waals surface area (Å²) in [4.78, 5) is 8.90. The Balaban J connectivity index is 2.33. The van der Waals surface area contributed by atoms with Gasteiger partial charge in [-0.25, -0.2) is 9.97 Å². The van der Waals surface area contributed by atoms with Crippen molar-refractivity contribution in [1.29, 1.82) is 0 Å². The van der Waals surface area contributed by atoms with Gasteiger partial charge in [-0.3, -0.25) is 0 Å². The number of anilines is 1. The Labute approximate surface area is 135 Å². The van der Waals surface area contributed by atoms with E-state index in [-0.39, 0.29) is 12.0 Å². The molecule has 0 aliphatic carbocycles. The van der Waals surface area contributed by atoms with Gasteiger partial charge in [0.2, 0.25) is 0 Å². The number of aromatic nitrogens is 2. The quantitative estimate of drug-likeness (QED) is 0.766. The highest BCUT2D eigenvalue weighted by molar-refractivity contribution is 6.31. The molecule has 0 aliphatic heterocycles. The zero-order valence-electron chi connectivity index (χ0n) is 12.6. The third-order valence-corrected chi connectivity index (χ3v) is 4.06. The minimum Gasteiger partial charge on any atom is -0.363 e. The first-order chi connectivity index (χ1) is 9.90. The van der Waals surface area contributed by atoms with E-state index in [4.69, 9.17) is 23.2 Å². The Morgan fingerprint density at radius 2 is 1.71 bits per heavy atom. The molecule has 0 amide bonds. The van der Waals surface area contributed by atoms with E-state index >= 15 is 0 Å². The van der Waals surface area contributed by atoms with Crippen molar-refractivity contribution >= 4 is 29.0 Å². The molecule has 2 aromatic rings. The summed E-state index contributed by atoms with van der Waals surface area (Å²) in [6.45, 7) is 8.05. The van der Waals surface area contributed by atoms with E-state index in [1.807, 2.05) is 52.0 Å². The Morgan fingerprint density at radius 3 is 2.33 bits per heavy atom. The molecule has 0 bridgehead atoms. The monoisotopic (exact) mass is 323 g/mol. The molecule has 0 aliphatic rings. The number of rotatable bonds is 4. The fourth-order valence-electron chi connectivity index (χ4n) is 2.01. The van der Waals surface area contributed by atoms with E-state index in [0.29, 0.717) is 5.15 Å². The molecule has 0 fully saturated rings. The molecule has 0 saturated heterocycles. The van der Waals surface area contributed by atoms with Gasteiger partial charge in [0.05, 0.1) is 6.04 Å². The van der Waals surface area contributed by atoms with Crippen molar-refractivity contribution in [2.45, 2.75) is 39.7 Å². The van der Waals surface area contributed by atoms with Gasteiger partial charge in [0.15, 0.2) is 0 Å². The molecule has 1 N–H and O–H groups in total. The fourth-order valence-corrected chi connectivity index (χ4v) is 2.49. The summed E-state index contributed by atoms with van der Waals surface area (Å²) in [7, 11) is 0. The van der Waals surface area contributed by atoms with Crippen LogP contribution in [0.3, 0.4) is 0 Å². The largest absolute Gasteiger partial charge is 0.363 e. The predicted octanol–water partition coefficient (Wildman–Crippen LogP) is 5.39. The van der Waals surface area contributed by atoms with Crippen molar-refractivity contribution in [3.05, 3.63) is 51.4 Å². The van der Waals surface area contributed by atoms with Crippen LogP contribution in [-0.4, -0.2) is 9.97 Å². The average Bonchev–Trinajstić information content (AvgIpc) is 2.43. The zero-order chi connectivity index (χ0) is 15.6. The molecule has 0 saturated carbocycles. The molecule has 112 valence electrons. The molecule has 3 nitrogen and oxygen atoms in total. The summed E-state index contributed by atoms with van der Waals surface area (Å²) in [5, 5.41) is 4.61. The number of nitrogens with one attached hydrogen (secondary N) is 1. The molecule has 1 heterocycles. The normalized spacial score (nSPS) is 12.5. The molecule has 2 rings (SSSR count). The van der Waals surface area contributed by atoms with Gasteiger partial charge in [-0.2, -0.15) is 0 Å². The maximum atomic E-state index is 6.24. The molecule has 1 unspecified atom stereocenters. The van der Waals surface area contributed by atoms with Crippen LogP contribution in [0.4, 0.5) is 5.82 Å². The first-order valence-corrected chi connectivity index (χ1v) is 7.70. The number of benzene rings is 1. The zero-order valence-corrected chi connectivity index (χ0v) is 14.1. The number of hydrogen-bond donors (Lipinski definition) is 1. The Kier molecular flexibility index (Phi) is 5.07. The highest BCUT2D eigenvalue weighted by Crippen LogP contribution is 2.29. The van der Waals surface area contributed by atoms with Crippen molar-refractivity contribution < 1.29 is 0 Å². The van der Waals surface area contributed by atoms with E-state index in [0.717, 1.165) is 27.8 Å². The summed E-state index contributed by atoms with van der Waals surface area (Å²) in [6, 6.07) is 7.81. The lowest BCUT2D eigenvalue weighted by molar-refractivity contribution is 0.765. The SMILES string of the molecule is Cc1c(Cl)nc(C(C)C)nc1NC(C)c1ccccc1Cl. The molecule has 0 radical (unpaired) electrons. The van der Waals surface area contributed by atoms with E-state index in [2.05, 4.69) is 15.3 Å². The predicted molar refractivity (Wildman–Crippen MR) is 89.4 cm³/mol. The third-order valence-electron chi connectivity index (χ3n) is 3.35. The minimum absolute atomic E-state index is 0.0309. The molecule has 1 atom stereocenters. The summed E-state index contributed by atoms with van der Waals surface area (Å²) in [6.07, 6.45) is 0. The molecular weight excluding hydrogens is 305 g/mol. The number of nitrogens with zero attached hydrogens (tertiary/aromatic N) is 2. The Morgan fingerprint density at radius 1 is 1.05 bits per heavy atom. The lowest BCUT2D eigenvalue weighted by Crippen LogP contribution is -2.12. The van der Waals surface area contributed by atoms with Crippen molar-refractivity contribution in [2.75, 3.05) is 5.32 Å². The van der Waals surface area contributed by atoms with Gasteiger partial charge >= 0.3 is 0 Å². The van der Waals surface area contributed by atoms with Crippen LogP contribution in [0.15, 0.2) is 24.3 Å². The third kappa shape index (κ3) is 3.66. The molecule has 21 heavy (non-hydrogen) atoms. The van der Waals surface area contributed by atoms with Crippen LogP contribution in [0.25, 0.3) is 0 Å². The minimum atomic E-state index is 0.0309. The van der Waals surface area contributed by atoms with Gasteiger partial charge in [0.1, 0.15) is 16.8 Å². The maximum Gasteiger partial charge on any atom is 0.137 e. The van der Waals surface area contributed by atoms with Crippen LogP contribution in [0.5, 0.6) is 0 Å². The second kappa shape index (κ2) is 6.63. The number of halogens is 2. The van der Waals surface area contributed by atoms with Crippen LogP contribution in [0.1, 0.15) is 49.7 Å². The number of hydrogen-bond acceptors (Lipinski definition) is 3. The summed E-state index contributed by atoms with van der Waals surface area (Å²) < 4.78 is 0. The highest BCUT2D eigenvalue weighted by atomic mass is 35.5. The van der Waals surface area contributed by atoms with E-state index in [9.17, 15) is 0 Å². The van der Waals surface area contributed by atoms with Gasteiger partial charge < -0.3 is 5.32 Å². The van der Waals surface area contributed by atoms with Gasteiger partial charge in [0, 0.05) is 16.5 Å². The molecule has 1 aromatic carbocycles. The van der Waals surface area contributed by atoms with Crippen LogP contribution < -0.4 is 5.32 Å². The molecule has 1 aromatic heterocycles. The smallest absolute Gasteiger partial charge is 0.137 e. The Bertz CT molecular complexity index is 641. The maximum absolute atomic E-state index is 6.24. The van der Waals surface area contributed by atoms with Crippen molar-refractivity contribution in [2.24, 2.45) is 0 Å². The van der Waals surface area contributed by atoms with Crippen LogP contribution in [0, 0.1) is 6.92 Å². The van der Waals surface area contributed by atoms with E-state index in [1.165, 1.54) is 0 Å². The van der Waals surface area contributed by atoms with E-state index in [1.54, 1.807) is 0 Å². The first kappa shape index (κ1) is 16.1. The second-order valence-electron chi connectivity index (χ2n) is 5.39. The first-order valence-electron chi connectivity index (χ1n) is 6.95. The molecule has 5 heteroatoms. The summed E-state index contributed by atoms with van der Waals surface area (Å²) in [5.41, 5.74) is 1.87. The molecule has 0 spiro atoms. The van der Waals surface area contributed by atoms with Crippen LogP contribution in [0.2, 0.25) is 10.2 Å². The van der Waals surface area contributed by atoms with E-state index < -0.39 is 0 Å². The van der Waals surface area contributed by atoms with Gasteiger partial charge in [-0.05, 0) is 25.5 Å². The van der Waals surface area contributed by atoms with Crippen molar-refractivity contribution in [3.8, 4) is 0 Å². The standard InChI is InChI=1S/C16H19Cl2N3/c1-9(2)15-20-14(18)10(3)16(21-15)19-11(4)12-7-5-6-8-13(12)17/h5-9,11H,1-4H3,(H,19,20,21). The van der Waals surface area contributed by atoms with Gasteiger partial charge in [-0.1, -0.05) is 55.2 Å². The lowest BCUT2D eigenvalue weighted by Gasteiger charge is -2.19. The molecular formula is C16H19Cl2N3. The topological polar surface area (TPSA) is 37.8 Å². The van der Waals surface area contributed by atoms with Crippen molar-refractivity contribution in [3.63, 3.8) is 0 Å².